The molecule has 2 heterocycles. The van der Waals surface area contributed by atoms with Crippen molar-refractivity contribution in [2.75, 3.05) is 19.7 Å². The topological polar surface area (TPSA) is 79.0 Å². The van der Waals surface area contributed by atoms with E-state index in [9.17, 15) is 4.79 Å². The van der Waals surface area contributed by atoms with Crippen molar-refractivity contribution < 1.29 is 9.53 Å². The highest BCUT2D eigenvalue weighted by Crippen LogP contribution is 2.14. The second-order valence-corrected chi connectivity index (χ2v) is 3.77. The van der Waals surface area contributed by atoms with Gasteiger partial charge in [0, 0.05) is 20.0 Å². The smallest absolute Gasteiger partial charge is 0.217 e. The normalized spacial score (nSPS) is 20.7. The molecule has 1 unspecified atom stereocenters. The van der Waals surface area contributed by atoms with Crippen LogP contribution in [-0.4, -0.2) is 35.6 Å². The number of aromatic nitrogens is 2. The fourth-order valence-electron chi connectivity index (χ4n) is 1.59. The Morgan fingerprint density at radius 2 is 2.62 bits per heavy atom. The molecular formula is C10H16N4O2. The second-order valence-electron chi connectivity index (χ2n) is 3.77. The average Bonchev–Trinajstić information content (AvgIpc) is 2.76. The fraction of sp³-hybridized carbons (Fsp3) is 0.600. The zero-order chi connectivity index (χ0) is 11.4. The minimum atomic E-state index is -0.0493. The second kappa shape index (κ2) is 5.09. The van der Waals surface area contributed by atoms with E-state index in [0.717, 1.165) is 24.6 Å². The minimum Gasteiger partial charge on any atom is -0.368 e. The van der Waals surface area contributed by atoms with Crippen LogP contribution in [0.5, 0.6) is 0 Å². The van der Waals surface area contributed by atoms with Crippen LogP contribution in [0.3, 0.4) is 0 Å². The number of hydrogen-bond acceptors (Lipinski definition) is 4. The van der Waals surface area contributed by atoms with E-state index in [1.807, 2.05) is 0 Å². The molecule has 0 radical (unpaired) electrons. The zero-order valence-electron chi connectivity index (χ0n) is 9.25. The van der Waals surface area contributed by atoms with Gasteiger partial charge in [-0.3, -0.25) is 4.79 Å². The molecule has 0 spiro atoms. The summed E-state index contributed by atoms with van der Waals surface area (Å²) >= 11 is 0. The number of aromatic amines is 1. The van der Waals surface area contributed by atoms with E-state index in [1.165, 1.54) is 6.92 Å². The largest absolute Gasteiger partial charge is 0.368 e. The number of nitrogens with one attached hydrogen (secondary N) is 3. The highest BCUT2D eigenvalue weighted by molar-refractivity contribution is 5.72. The number of rotatable bonds is 3. The first kappa shape index (κ1) is 11.1. The van der Waals surface area contributed by atoms with Gasteiger partial charge in [0.05, 0.1) is 25.0 Å². The first-order chi connectivity index (χ1) is 7.75. The SMILES string of the molecule is CC(=O)NCc1cnc(C2CNCCO2)[nH]1. The Bertz CT molecular complexity index is 357. The molecule has 0 aromatic carbocycles. The maximum atomic E-state index is 10.7. The molecule has 1 saturated heterocycles. The van der Waals surface area contributed by atoms with Crippen LogP contribution in [0.1, 0.15) is 24.5 Å². The van der Waals surface area contributed by atoms with Crippen LogP contribution in [0.15, 0.2) is 6.20 Å². The van der Waals surface area contributed by atoms with Crippen LogP contribution >= 0.6 is 0 Å². The third-order valence-electron chi connectivity index (χ3n) is 2.41. The van der Waals surface area contributed by atoms with Gasteiger partial charge in [-0.1, -0.05) is 0 Å². The van der Waals surface area contributed by atoms with Crippen LogP contribution in [-0.2, 0) is 16.1 Å². The first-order valence-electron chi connectivity index (χ1n) is 5.36. The maximum absolute atomic E-state index is 10.7. The molecule has 6 heteroatoms. The summed E-state index contributed by atoms with van der Waals surface area (Å²) in [6.07, 6.45) is 1.71. The number of nitrogens with zero attached hydrogens (tertiary/aromatic N) is 1. The number of hydrogen-bond donors (Lipinski definition) is 3. The molecular weight excluding hydrogens is 208 g/mol. The van der Waals surface area contributed by atoms with E-state index in [1.54, 1.807) is 6.20 Å². The van der Waals surface area contributed by atoms with E-state index in [2.05, 4.69) is 20.6 Å². The van der Waals surface area contributed by atoms with Crippen molar-refractivity contribution in [1.29, 1.82) is 0 Å². The van der Waals surface area contributed by atoms with Gasteiger partial charge in [0.15, 0.2) is 0 Å². The molecule has 1 aromatic heterocycles. The molecule has 2 rings (SSSR count). The van der Waals surface area contributed by atoms with Gasteiger partial charge in [-0.2, -0.15) is 0 Å². The van der Waals surface area contributed by atoms with Crippen LogP contribution < -0.4 is 10.6 Å². The van der Waals surface area contributed by atoms with Gasteiger partial charge in [0.25, 0.3) is 0 Å². The predicted octanol–water partition coefficient (Wildman–Crippen LogP) is -0.293. The van der Waals surface area contributed by atoms with Crippen LogP contribution in [0.2, 0.25) is 0 Å². The number of amides is 1. The Morgan fingerprint density at radius 3 is 3.31 bits per heavy atom. The summed E-state index contributed by atoms with van der Waals surface area (Å²) < 4.78 is 5.56. The molecule has 1 aliphatic rings. The minimum absolute atomic E-state index is 0.0140. The third kappa shape index (κ3) is 2.80. The number of carbonyl (C=O) groups is 1. The Morgan fingerprint density at radius 1 is 1.75 bits per heavy atom. The van der Waals surface area contributed by atoms with Crippen LogP contribution in [0.4, 0.5) is 0 Å². The van der Waals surface area contributed by atoms with Crippen LogP contribution in [0.25, 0.3) is 0 Å². The fourth-order valence-corrected chi connectivity index (χ4v) is 1.59. The standard InChI is InChI=1S/C10H16N4O2/c1-7(15)12-4-8-5-13-10(14-8)9-6-11-2-3-16-9/h5,9,11H,2-4,6H2,1H3,(H,12,15)(H,13,14). The van der Waals surface area contributed by atoms with Gasteiger partial charge in [-0.05, 0) is 0 Å². The van der Waals surface area contributed by atoms with E-state index in [0.29, 0.717) is 13.2 Å². The number of ether oxygens (including phenoxy) is 1. The van der Waals surface area contributed by atoms with E-state index in [4.69, 9.17) is 4.74 Å². The van der Waals surface area contributed by atoms with Crippen molar-refractivity contribution >= 4 is 5.91 Å². The summed E-state index contributed by atoms with van der Waals surface area (Å²) in [6, 6.07) is 0. The average molecular weight is 224 g/mol. The van der Waals surface area contributed by atoms with Gasteiger partial charge in [0.1, 0.15) is 11.9 Å². The summed E-state index contributed by atoms with van der Waals surface area (Å²) in [7, 11) is 0. The summed E-state index contributed by atoms with van der Waals surface area (Å²) in [5, 5.41) is 5.95. The molecule has 0 saturated carbocycles. The van der Waals surface area contributed by atoms with E-state index >= 15 is 0 Å². The van der Waals surface area contributed by atoms with Gasteiger partial charge >= 0.3 is 0 Å². The monoisotopic (exact) mass is 224 g/mol. The van der Waals surface area contributed by atoms with Crippen molar-refractivity contribution in [2.24, 2.45) is 0 Å². The molecule has 0 bridgehead atoms. The van der Waals surface area contributed by atoms with Crippen molar-refractivity contribution in [1.82, 2.24) is 20.6 Å². The molecule has 1 fully saturated rings. The van der Waals surface area contributed by atoms with Gasteiger partial charge in [0.2, 0.25) is 5.91 Å². The third-order valence-corrected chi connectivity index (χ3v) is 2.41. The molecule has 88 valence electrons. The highest BCUT2D eigenvalue weighted by Gasteiger charge is 2.18. The quantitative estimate of drug-likeness (QED) is 0.659. The van der Waals surface area contributed by atoms with Crippen LogP contribution in [0, 0.1) is 0 Å². The number of carbonyl (C=O) groups excluding carboxylic acids is 1. The summed E-state index contributed by atoms with van der Waals surface area (Å²) in [6.45, 7) is 4.32. The summed E-state index contributed by atoms with van der Waals surface area (Å²) in [5.74, 6) is 0.763. The first-order valence-corrected chi connectivity index (χ1v) is 5.36. The number of morpholine rings is 1. The van der Waals surface area contributed by atoms with Gasteiger partial charge in [-0.15, -0.1) is 0 Å². The lowest BCUT2D eigenvalue weighted by molar-refractivity contribution is -0.119. The molecule has 16 heavy (non-hydrogen) atoms. The predicted molar refractivity (Wildman–Crippen MR) is 57.7 cm³/mol. The lowest BCUT2D eigenvalue weighted by Gasteiger charge is -2.21. The Balaban J connectivity index is 1.93. The van der Waals surface area contributed by atoms with Crippen molar-refractivity contribution in [2.45, 2.75) is 19.6 Å². The van der Waals surface area contributed by atoms with Crippen molar-refractivity contribution in [3.8, 4) is 0 Å². The molecule has 1 aliphatic heterocycles. The molecule has 1 amide bonds. The number of imidazole rings is 1. The number of H-pyrrole nitrogens is 1. The van der Waals surface area contributed by atoms with Gasteiger partial charge < -0.3 is 20.4 Å². The molecule has 1 atom stereocenters. The van der Waals surface area contributed by atoms with Gasteiger partial charge in [-0.25, -0.2) is 4.98 Å². The maximum Gasteiger partial charge on any atom is 0.217 e. The zero-order valence-corrected chi connectivity index (χ0v) is 9.25. The summed E-state index contributed by atoms with van der Waals surface area (Å²) in [5.41, 5.74) is 0.888. The molecule has 6 nitrogen and oxygen atoms in total. The Kier molecular flexibility index (Phi) is 3.53. The Labute approximate surface area is 93.8 Å². The lowest BCUT2D eigenvalue weighted by Crippen LogP contribution is -2.33. The lowest BCUT2D eigenvalue weighted by atomic mass is 10.3. The van der Waals surface area contributed by atoms with Crippen molar-refractivity contribution in [3.63, 3.8) is 0 Å². The molecule has 1 aromatic rings. The molecule has 3 N–H and O–H groups in total. The molecule has 0 aliphatic carbocycles. The highest BCUT2D eigenvalue weighted by atomic mass is 16.5. The Hall–Kier alpha value is -1.40. The van der Waals surface area contributed by atoms with Crippen molar-refractivity contribution in [3.05, 3.63) is 17.7 Å². The van der Waals surface area contributed by atoms with E-state index in [-0.39, 0.29) is 12.0 Å². The summed E-state index contributed by atoms with van der Waals surface area (Å²) in [4.78, 5) is 18.1. The van der Waals surface area contributed by atoms with E-state index < -0.39 is 0 Å².